The largest absolute Gasteiger partial charge is 0.489 e. The predicted molar refractivity (Wildman–Crippen MR) is 131 cm³/mol. The molecule has 4 rings (SSSR count). The number of esters is 1. The number of halogens is 5. The van der Waals surface area contributed by atoms with E-state index < -0.39 is 30.5 Å². The van der Waals surface area contributed by atoms with Crippen LogP contribution in [0.4, 0.5) is 22.7 Å². The van der Waals surface area contributed by atoms with Crippen molar-refractivity contribution in [2.45, 2.75) is 44.5 Å². The summed E-state index contributed by atoms with van der Waals surface area (Å²) in [5.74, 6) is -3.52. The summed E-state index contributed by atoms with van der Waals surface area (Å²) in [6, 6.07) is 2.56. The molecule has 17 heteroatoms. The minimum absolute atomic E-state index is 0.0210. The van der Waals surface area contributed by atoms with E-state index in [9.17, 15) is 27.2 Å². The molecule has 1 aliphatic rings. The highest BCUT2D eigenvalue weighted by Crippen LogP contribution is 2.32. The number of aromatic nitrogens is 4. The van der Waals surface area contributed by atoms with Crippen molar-refractivity contribution in [3.05, 3.63) is 34.4 Å². The Morgan fingerprint density at radius 2 is 2.03 bits per heavy atom. The summed E-state index contributed by atoms with van der Waals surface area (Å²) < 4.78 is 68.0. The topological polar surface area (TPSA) is 133 Å². The molecule has 1 atom stereocenters. The highest BCUT2D eigenvalue weighted by atomic mass is 79.9. The molecule has 0 unspecified atom stereocenters. The van der Waals surface area contributed by atoms with Gasteiger partial charge in [0, 0.05) is 32.0 Å². The summed E-state index contributed by atoms with van der Waals surface area (Å²) in [7, 11) is 0. The molecule has 1 N–H and O–H groups in total. The second-order valence-electron chi connectivity index (χ2n) is 8.26. The fourth-order valence-corrected chi connectivity index (χ4v) is 4.78. The van der Waals surface area contributed by atoms with Crippen LogP contribution in [0.15, 0.2) is 27.2 Å². The zero-order valence-electron chi connectivity index (χ0n) is 20.2. The number of hydrogen-bond acceptors (Lipinski definition) is 11. The average molecular weight is 637 g/mol. The van der Waals surface area contributed by atoms with Crippen molar-refractivity contribution in [1.29, 1.82) is 0 Å². The summed E-state index contributed by atoms with van der Waals surface area (Å²) in [6.07, 6.45) is -4.51. The van der Waals surface area contributed by atoms with Crippen LogP contribution in [0, 0.1) is 5.82 Å². The number of carbonyl (C=O) groups is 2. The van der Waals surface area contributed by atoms with Gasteiger partial charge < -0.3 is 24.2 Å². The highest BCUT2D eigenvalue weighted by Gasteiger charge is 2.41. The van der Waals surface area contributed by atoms with Crippen LogP contribution in [0.2, 0.25) is 0 Å². The molecule has 3 heterocycles. The quantitative estimate of drug-likeness (QED) is 0.274. The van der Waals surface area contributed by atoms with Crippen molar-refractivity contribution in [1.82, 2.24) is 25.7 Å². The van der Waals surface area contributed by atoms with Crippen molar-refractivity contribution < 1.29 is 41.1 Å². The second kappa shape index (κ2) is 12.2. The molecule has 1 aliphatic heterocycles. The smallest absolute Gasteiger partial charge is 0.471 e. The predicted octanol–water partition coefficient (Wildman–Crippen LogP) is 3.69. The summed E-state index contributed by atoms with van der Waals surface area (Å²) in [5, 5.41) is 14.4. The molecule has 3 aromatic rings. The van der Waals surface area contributed by atoms with E-state index in [1.165, 1.54) is 30.4 Å². The average Bonchev–Trinajstić information content (AvgIpc) is 3.56. The van der Waals surface area contributed by atoms with Gasteiger partial charge in [-0.2, -0.15) is 18.2 Å². The van der Waals surface area contributed by atoms with E-state index in [0.717, 1.165) is 0 Å². The molecule has 1 fully saturated rings. The Morgan fingerprint density at radius 3 is 2.72 bits per heavy atom. The third-order valence-corrected chi connectivity index (χ3v) is 7.12. The Labute approximate surface area is 231 Å². The van der Waals surface area contributed by atoms with Crippen molar-refractivity contribution in [2.75, 3.05) is 24.6 Å². The van der Waals surface area contributed by atoms with Gasteiger partial charge in [-0.3, -0.25) is 4.79 Å². The Hall–Kier alpha value is -3.34. The Morgan fingerprint density at radius 1 is 1.28 bits per heavy atom. The van der Waals surface area contributed by atoms with E-state index in [1.807, 2.05) is 4.90 Å². The number of nitrogens with zero attached hydrogens (tertiary/aromatic N) is 5. The zero-order chi connectivity index (χ0) is 28.2. The van der Waals surface area contributed by atoms with Gasteiger partial charge >= 0.3 is 18.1 Å². The van der Waals surface area contributed by atoms with Gasteiger partial charge in [0.25, 0.3) is 0 Å². The van der Waals surface area contributed by atoms with E-state index in [1.54, 1.807) is 11.4 Å². The minimum Gasteiger partial charge on any atom is -0.489 e. The van der Waals surface area contributed by atoms with Crippen LogP contribution >= 0.6 is 27.3 Å². The van der Waals surface area contributed by atoms with Gasteiger partial charge in [0.15, 0.2) is 5.01 Å². The molecule has 39 heavy (non-hydrogen) atoms. The van der Waals surface area contributed by atoms with Gasteiger partial charge in [-0.1, -0.05) is 16.5 Å². The summed E-state index contributed by atoms with van der Waals surface area (Å²) in [5.41, 5.74) is 0. The van der Waals surface area contributed by atoms with Gasteiger partial charge in [-0.05, 0) is 35.0 Å². The van der Waals surface area contributed by atoms with E-state index >= 15 is 0 Å². The molecule has 0 radical (unpaired) electrons. The fourth-order valence-electron chi connectivity index (χ4n) is 3.62. The van der Waals surface area contributed by atoms with E-state index in [4.69, 9.17) is 14.0 Å². The molecule has 210 valence electrons. The monoisotopic (exact) mass is 636 g/mol. The Bertz CT molecular complexity index is 1310. The number of hydrogen-bond donors (Lipinski definition) is 1. The summed E-state index contributed by atoms with van der Waals surface area (Å²) in [4.78, 5) is 29.5. The van der Waals surface area contributed by atoms with Crippen molar-refractivity contribution in [3.8, 4) is 16.6 Å². The molecule has 2 aromatic heterocycles. The maximum atomic E-state index is 13.5. The summed E-state index contributed by atoms with van der Waals surface area (Å²) in [6.45, 7) is 2.57. The molecule has 0 spiro atoms. The second-order valence-corrected chi connectivity index (χ2v) is 10.1. The lowest BCUT2D eigenvalue weighted by Gasteiger charge is -2.31. The number of amides is 1. The van der Waals surface area contributed by atoms with E-state index in [-0.39, 0.29) is 35.3 Å². The molecular weight excluding hydrogens is 616 g/mol. The number of ether oxygens (including phenoxy) is 2. The molecular formula is C22H21BrF4N6O5S. The number of anilines is 1. The van der Waals surface area contributed by atoms with Crippen LogP contribution in [0.3, 0.4) is 0 Å². The van der Waals surface area contributed by atoms with Crippen molar-refractivity contribution in [3.63, 3.8) is 0 Å². The van der Waals surface area contributed by atoms with E-state index in [0.29, 0.717) is 41.3 Å². The van der Waals surface area contributed by atoms with Gasteiger partial charge in [0.2, 0.25) is 16.8 Å². The SMILES string of the molecule is CCOC(=O)[C@H](Cc1nc(-c2nnc(N3CCC(Oc4cc(F)ccc4Br)CC3)s2)no1)NC(=O)C(F)(F)F. The first-order valence-corrected chi connectivity index (χ1v) is 13.2. The number of rotatable bonds is 9. The number of benzene rings is 1. The van der Waals surface area contributed by atoms with Crippen LogP contribution in [-0.2, 0) is 20.7 Å². The number of nitrogens with one attached hydrogen (secondary N) is 1. The lowest BCUT2D eigenvalue weighted by atomic mass is 10.1. The Kier molecular flexibility index (Phi) is 8.99. The van der Waals surface area contributed by atoms with Gasteiger partial charge in [0.1, 0.15) is 23.7 Å². The highest BCUT2D eigenvalue weighted by molar-refractivity contribution is 9.10. The number of carbonyl (C=O) groups excluding carboxylic acids is 2. The number of alkyl halides is 3. The van der Waals surface area contributed by atoms with Crippen LogP contribution in [0.5, 0.6) is 5.75 Å². The van der Waals surface area contributed by atoms with E-state index in [2.05, 4.69) is 36.3 Å². The Balaban J connectivity index is 1.36. The first-order chi connectivity index (χ1) is 18.5. The van der Waals surface area contributed by atoms with Gasteiger partial charge in [-0.25, -0.2) is 9.18 Å². The van der Waals surface area contributed by atoms with Gasteiger partial charge in [-0.15, -0.1) is 10.2 Å². The third-order valence-electron chi connectivity index (χ3n) is 5.49. The summed E-state index contributed by atoms with van der Waals surface area (Å²) >= 11 is 4.53. The van der Waals surface area contributed by atoms with Crippen molar-refractivity contribution in [2.24, 2.45) is 0 Å². The molecule has 1 aromatic carbocycles. The maximum Gasteiger partial charge on any atom is 0.471 e. The third kappa shape index (κ3) is 7.40. The standard InChI is InChI=1S/C22H21BrF4N6O5S/c1-2-36-19(34)14(28-20(35)22(25,26)27)10-16-29-17(32-38-16)18-30-31-21(39-18)33-7-5-12(6-8-33)37-15-9-11(24)3-4-13(15)23/h3-4,9,12,14H,2,5-8,10H2,1H3,(H,28,35)/t14-/m0/s1. The lowest BCUT2D eigenvalue weighted by Crippen LogP contribution is -2.48. The van der Waals surface area contributed by atoms with Crippen LogP contribution in [0.25, 0.3) is 10.8 Å². The van der Waals surface area contributed by atoms with Crippen LogP contribution in [-0.4, -0.2) is 70.2 Å². The molecule has 11 nitrogen and oxygen atoms in total. The molecule has 0 saturated carbocycles. The maximum absolute atomic E-state index is 13.5. The first kappa shape index (κ1) is 28.7. The van der Waals surface area contributed by atoms with Crippen LogP contribution in [0.1, 0.15) is 25.7 Å². The van der Waals surface area contributed by atoms with Crippen molar-refractivity contribution >= 4 is 44.3 Å². The molecule has 0 aliphatic carbocycles. The molecule has 0 bridgehead atoms. The first-order valence-electron chi connectivity index (χ1n) is 11.6. The zero-order valence-corrected chi connectivity index (χ0v) is 22.6. The number of piperidine rings is 1. The normalized spacial score (nSPS) is 15.2. The minimum atomic E-state index is -5.19. The molecule has 1 amide bonds. The van der Waals surface area contributed by atoms with Gasteiger partial charge in [0.05, 0.1) is 17.5 Å². The van der Waals surface area contributed by atoms with Crippen LogP contribution < -0.4 is 15.0 Å². The molecule has 1 saturated heterocycles. The fraction of sp³-hybridized carbons (Fsp3) is 0.455. The lowest BCUT2D eigenvalue weighted by molar-refractivity contribution is -0.175.